The van der Waals surface area contributed by atoms with Gasteiger partial charge < -0.3 is 11.1 Å². The van der Waals surface area contributed by atoms with Crippen LogP contribution in [0.2, 0.25) is 5.02 Å². The SMILES string of the molecule is Cn1nc(-c2ccc(NC(=O)Nc3cc(C(C)(C)C)nn3-c3ccc(C#N)cc3)c(Cl)c2)c2c(N)ncnc21. The Kier molecular flexibility index (Phi) is 6.41. The highest BCUT2D eigenvalue weighted by Gasteiger charge is 2.22. The molecule has 0 saturated heterocycles. The number of nitrogen functional groups attached to an aromatic ring is 1. The van der Waals surface area contributed by atoms with Crippen molar-refractivity contribution in [3.63, 3.8) is 0 Å². The molecule has 0 bridgehead atoms. The van der Waals surface area contributed by atoms with E-state index in [1.54, 1.807) is 58.9 Å². The van der Waals surface area contributed by atoms with Gasteiger partial charge in [0.1, 0.15) is 23.7 Å². The van der Waals surface area contributed by atoms with Crippen molar-refractivity contribution in [2.45, 2.75) is 26.2 Å². The molecule has 0 aliphatic heterocycles. The molecule has 0 spiro atoms. The van der Waals surface area contributed by atoms with E-state index >= 15 is 0 Å². The monoisotopic (exact) mass is 540 g/mol. The van der Waals surface area contributed by atoms with Gasteiger partial charge in [0.25, 0.3) is 0 Å². The highest BCUT2D eigenvalue weighted by atomic mass is 35.5. The highest BCUT2D eigenvalue weighted by Crippen LogP contribution is 2.34. The minimum absolute atomic E-state index is 0.256. The van der Waals surface area contributed by atoms with Crippen LogP contribution in [0.15, 0.2) is 54.9 Å². The summed E-state index contributed by atoms with van der Waals surface area (Å²) in [5.41, 5.74) is 10.1. The molecule has 12 heteroatoms. The Balaban J connectivity index is 1.41. The molecular formula is C27H25ClN10O. The fourth-order valence-corrected chi connectivity index (χ4v) is 4.28. The van der Waals surface area contributed by atoms with Crippen LogP contribution >= 0.6 is 11.6 Å². The zero-order valence-electron chi connectivity index (χ0n) is 21.7. The van der Waals surface area contributed by atoms with E-state index in [2.05, 4.69) is 31.8 Å². The number of urea groups is 1. The standard InChI is InChI=1S/C27H25ClN10O/c1-27(2,3)20-12-21(38(35-20)17-8-5-15(13-29)6-9-17)34-26(39)33-19-10-7-16(11-18(19)28)23-22-24(30)31-14-32-25(22)37(4)36-23/h5-12,14H,1-4H3,(H2,30,31,32)(H2,33,34,39). The number of amides is 2. The second-order valence-electron chi connectivity index (χ2n) is 9.94. The molecule has 11 nitrogen and oxygen atoms in total. The number of nitrogens with two attached hydrogens (primary N) is 1. The van der Waals surface area contributed by atoms with Gasteiger partial charge in [-0.15, -0.1) is 0 Å². The first-order valence-electron chi connectivity index (χ1n) is 12.0. The van der Waals surface area contributed by atoms with Gasteiger partial charge in [0, 0.05) is 24.1 Å². The maximum atomic E-state index is 13.0. The molecule has 0 aliphatic carbocycles. The van der Waals surface area contributed by atoms with Crippen LogP contribution in [-0.2, 0) is 12.5 Å². The van der Waals surface area contributed by atoms with E-state index in [-0.39, 0.29) is 5.41 Å². The van der Waals surface area contributed by atoms with Crippen LogP contribution < -0.4 is 16.4 Å². The van der Waals surface area contributed by atoms with Crippen LogP contribution in [0.5, 0.6) is 0 Å². The van der Waals surface area contributed by atoms with Gasteiger partial charge in [-0.05, 0) is 36.4 Å². The first kappa shape index (κ1) is 25.7. The molecule has 3 aromatic heterocycles. The highest BCUT2D eigenvalue weighted by molar-refractivity contribution is 6.34. The summed E-state index contributed by atoms with van der Waals surface area (Å²) in [4.78, 5) is 21.4. The average molecular weight is 541 g/mol. The number of nitrogens with zero attached hydrogens (tertiary/aromatic N) is 7. The van der Waals surface area contributed by atoms with Gasteiger partial charge in [-0.1, -0.05) is 38.4 Å². The number of nitrogens with one attached hydrogen (secondary N) is 2. The molecule has 3 heterocycles. The molecule has 0 atom stereocenters. The number of nitriles is 1. The number of carbonyl (C=O) groups is 1. The number of hydrogen-bond acceptors (Lipinski definition) is 7. The molecule has 2 amide bonds. The van der Waals surface area contributed by atoms with E-state index in [9.17, 15) is 4.79 Å². The number of hydrogen-bond donors (Lipinski definition) is 3. The Morgan fingerprint density at radius 1 is 1.05 bits per heavy atom. The lowest BCUT2D eigenvalue weighted by atomic mass is 9.92. The number of fused-ring (bicyclic) bond motifs is 1. The second kappa shape index (κ2) is 9.74. The number of halogens is 1. The van der Waals surface area contributed by atoms with Crippen molar-refractivity contribution in [3.8, 4) is 23.0 Å². The molecule has 4 N–H and O–H groups in total. The Hall–Kier alpha value is -4.95. The lowest BCUT2D eigenvalue weighted by molar-refractivity contribution is 0.262. The van der Waals surface area contributed by atoms with E-state index in [1.165, 1.54) is 6.33 Å². The van der Waals surface area contributed by atoms with Gasteiger partial charge in [0.15, 0.2) is 5.65 Å². The molecule has 196 valence electrons. The molecule has 0 radical (unpaired) electrons. The number of benzene rings is 2. The summed E-state index contributed by atoms with van der Waals surface area (Å²) >= 11 is 6.56. The topological polar surface area (TPSA) is 152 Å². The van der Waals surface area contributed by atoms with Gasteiger partial charge in [0.05, 0.1) is 39.1 Å². The largest absolute Gasteiger partial charge is 0.383 e. The number of anilines is 3. The maximum absolute atomic E-state index is 13.0. The van der Waals surface area contributed by atoms with Crippen LogP contribution in [0.25, 0.3) is 28.0 Å². The second-order valence-corrected chi connectivity index (χ2v) is 10.3. The quantitative estimate of drug-likeness (QED) is 0.281. The Morgan fingerprint density at radius 2 is 1.79 bits per heavy atom. The van der Waals surface area contributed by atoms with Crippen molar-refractivity contribution in [1.82, 2.24) is 29.5 Å². The number of aryl methyl sites for hydroxylation is 1. The van der Waals surface area contributed by atoms with Crippen molar-refractivity contribution < 1.29 is 4.79 Å². The molecule has 5 aromatic rings. The van der Waals surface area contributed by atoms with Crippen molar-refractivity contribution in [3.05, 3.63) is 71.1 Å². The normalized spacial score (nSPS) is 11.4. The Morgan fingerprint density at radius 3 is 2.46 bits per heavy atom. The third kappa shape index (κ3) is 4.97. The van der Waals surface area contributed by atoms with Crippen LogP contribution in [0, 0.1) is 11.3 Å². The van der Waals surface area contributed by atoms with Gasteiger partial charge in [-0.2, -0.15) is 15.5 Å². The fraction of sp³-hybridized carbons (Fsp3) is 0.185. The van der Waals surface area contributed by atoms with Crippen LogP contribution in [0.3, 0.4) is 0 Å². The fourth-order valence-electron chi connectivity index (χ4n) is 4.06. The zero-order valence-corrected chi connectivity index (χ0v) is 22.4. The van der Waals surface area contributed by atoms with Gasteiger partial charge >= 0.3 is 6.03 Å². The van der Waals surface area contributed by atoms with Crippen LogP contribution in [0.4, 0.5) is 22.1 Å². The molecule has 5 rings (SSSR count). The minimum Gasteiger partial charge on any atom is -0.383 e. The number of aromatic nitrogens is 6. The van der Waals surface area contributed by atoms with E-state index in [4.69, 9.17) is 27.7 Å². The van der Waals surface area contributed by atoms with E-state index in [1.807, 2.05) is 26.8 Å². The first-order chi connectivity index (χ1) is 18.5. The lowest BCUT2D eigenvalue weighted by Gasteiger charge is -2.14. The van der Waals surface area contributed by atoms with E-state index in [0.29, 0.717) is 55.9 Å². The first-order valence-corrected chi connectivity index (χ1v) is 12.3. The van der Waals surface area contributed by atoms with E-state index < -0.39 is 6.03 Å². The predicted molar refractivity (Wildman–Crippen MR) is 151 cm³/mol. The molecule has 0 fully saturated rings. The minimum atomic E-state index is -0.499. The number of carbonyl (C=O) groups excluding carboxylic acids is 1. The third-order valence-electron chi connectivity index (χ3n) is 6.10. The Labute approximate surface area is 229 Å². The molecule has 39 heavy (non-hydrogen) atoms. The molecular weight excluding hydrogens is 516 g/mol. The van der Waals surface area contributed by atoms with E-state index in [0.717, 1.165) is 5.69 Å². The molecule has 0 saturated carbocycles. The van der Waals surface area contributed by atoms with Gasteiger partial charge in [0.2, 0.25) is 0 Å². The van der Waals surface area contributed by atoms with Crippen molar-refractivity contribution >= 4 is 46.0 Å². The summed E-state index contributed by atoms with van der Waals surface area (Å²) in [6.45, 7) is 6.11. The summed E-state index contributed by atoms with van der Waals surface area (Å²) in [7, 11) is 1.77. The smallest absolute Gasteiger partial charge is 0.324 e. The van der Waals surface area contributed by atoms with Crippen molar-refractivity contribution in [2.24, 2.45) is 7.05 Å². The van der Waals surface area contributed by atoms with Crippen molar-refractivity contribution in [2.75, 3.05) is 16.4 Å². The van der Waals surface area contributed by atoms with Crippen LogP contribution in [-0.4, -0.2) is 35.6 Å². The zero-order chi connectivity index (χ0) is 27.9. The number of rotatable bonds is 4. The third-order valence-corrected chi connectivity index (χ3v) is 6.41. The summed E-state index contributed by atoms with van der Waals surface area (Å²) < 4.78 is 3.25. The van der Waals surface area contributed by atoms with Crippen LogP contribution in [0.1, 0.15) is 32.0 Å². The van der Waals surface area contributed by atoms with Gasteiger partial charge in [-0.3, -0.25) is 5.32 Å². The summed E-state index contributed by atoms with van der Waals surface area (Å²) in [6.07, 6.45) is 1.39. The summed E-state index contributed by atoms with van der Waals surface area (Å²) in [6, 6.07) is 15.5. The maximum Gasteiger partial charge on any atom is 0.324 e. The lowest BCUT2D eigenvalue weighted by Crippen LogP contribution is -2.21. The predicted octanol–water partition coefficient (Wildman–Crippen LogP) is 5.26. The molecule has 0 aliphatic rings. The Bertz CT molecular complexity index is 1760. The van der Waals surface area contributed by atoms with Crippen molar-refractivity contribution in [1.29, 1.82) is 5.26 Å². The average Bonchev–Trinajstić information content (AvgIpc) is 3.47. The summed E-state index contributed by atoms with van der Waals surface area (Å²) in [5.74, 6) is 0.777. The molecule has 0 unspecified atom stereocenters. The summed E-state index contributed by atoms with van der Waals surface area (Å²) in [5, 5.41) is 24.9. The molecule has 2 aromatic carbocycles. The van der Waals surface area contributed by atoms with Gasteiger partial charge in [-0.25, -0.2) is 24.1 Å².